The van der Waals surface area contributed by atoms with Gasteiger partial charge in [-0.3, -0.25) is 14.5 Å². The number of halogens is 1. The molecule has 2 aliphatic heterocycles. The number of hydrogen-bond acceptors (Lipinski definition) is 5. The highest BCUT2D eigenvalue weighted by atomic mass is 32.2. The standard InChI is InChI=1S/C29H33FN4O3S/c1-19-8-10-22(11-9-19)34-28-25(27(31-34)29(2,3)4)26(20-6-5-7-21(30)16-20)38-18-24(36)33(28)17-23(35)32-12-14-37-15-13-32/h5-11,16,26H,12-15,17-18H2,1-4H3. The lowest BCUT2D eigenvalue weighted by Crippen LogP contribution is -2.48. The van der Waals surface area contributed by atoms with E-state index in [1.165, 1.54) is 23.9 Å². The summed E-state index contributed by atoms with van der Waals surface area (Å²) in [6.45, 7) is 10.1. The van der Waals surface area contributed by atoms with Gasteiger partial charge in [0, 0.05) is 24.1 Å². The van der Waals surface area contributed by atoms with Gasteiger partial charge in [-0.05, 0) is 36.8 Å². The van der Waals surface area contributed by atoms with Crippen molar-refractivity contribution in [2.24, 2.45) is 0 Å². The first-order valence-corrected chi connectivity index (χ1v) is 13.9. The van der Waals surface area contributed by atoms with E-state index in [1.54, 1.807) is 20.5 Å². The Morgan fingerprint density at radius 2 is 1.84 bits per heavy atom. The van der Waals surface area contributed by atoms with E-state index in [0.717, 1.165) is 28.1 Å². The summed E-state index contributed by atoms with van der Waals surface area (Å²) in [5.41, 5.74) is 3.94. The van der Waals surface area contributed by atoms with Crippen LogP contribution in [-0.4, -0.2) is 65.1 Å². The number of morpholine rings is 1. The number of carbonyl (C=O) groups excluding carboxylic acids is 2. The average molecular weight is 537 g/mol. The van der Waals surface area contributed by atoms with Gasteiger partial charge in [-0.15, -0.1) is 11.8 Å². The van der Waals surface area contributed by atoms with E-state index in [1.807, 2.05) is 37.3 Å². The normalized spacial score (nSPS) is 18.3. The van der Waals surface area contributed by atoms with Crippen molar-refractivity contribution in [3.05, 3.63) is 76.7 Å². The molecule has 3 heterocycles. The number of rotatable bonds is 4. The van der Waals surface area contributed by atoms with Crippen LogP contribution in [0.1, 0.15) is 48.4 Å². The number of hydrogen-bond donors (Lipinski definition) is 0. The number of carbonyl (C=O) groups is 2. The van der Waals surface area contributed by atoms with Crippen LogP contribution in [0, 0.1) is 12.7 Å². The van der Waals surface area contributed by atoms with Crippen molar-refractivity contribution in [2.75, 3.05) is 43.5 Å². The minimum atomic E-state index is -0.376. The fourth-order valence-corrected chi connectivity index (χ4v) is 6.11. The molecule has 2 aromatic carbocycles. The molecule has 0 bridgehead atoms. The third-order valence-corrected chi connectivity index (χ3v) is 8.14. The predicted molar refractivity (Wildman–Crippen MR) is 147 cm³/mol. The zero-order chi connectivity index (χ0) is 27.0. The van der Waals surface area contributed by atoms with E-state index in [9.17, 15) is 14.0 Å². The van der Waals surface area contributed by atoms with Crippen LogP contribution in [0.15, 0.2) is 48.5 Å². The second-order valence-electron chi connectivity index (χ2n) is 10.8. The van der Waals surface area contributed by atoms with E-state index in [-0.39, 0.29) is 40.6 Å². The van der Waals surface area contributed by atoms with Gasteiger partial charge in [0.1, 0.15) is 18.2 Å². The Labute approximate surface area is 226 Å². The molecule has 0 aliphatic carbocycles. The second-order valence-corrected chi connectivity index (χ2v) is 11.9. The Hall–Kier alpha value is -3.17. The number of amides is 2. The molecule has 0 radical (unpaired) electrons. The van der Waals surface area contributed by atoms with Crippen LogP contribution >= 0.6 is 11.8 Å². The summed E-state index contributed by atoms with van der Waals surface area (Å²) < 4.78 is 21.6. The zero-order valence-electron chi connectivity index (χ0n) is 22.2. The second kappa shape index (κ2) is 10.5. The predicted octanol–water partition coefficient (Wildman–Crippen LogP) is 4.65. The van der Waals surface area contributed by atoms with E-state index in [4.69, 9.17) is 9.84 Å². The van der Waals surface area contributed by atoms with Gasteiger partial charge in [-0.2, -0.15) is 5.10 Å². The number of ether oxygens (including phenoxy) is 1. The Morgan fingerprint density at radius 1 is 1.13 bits per heavy atom. The maximum Gasteiger partial charge on any atom is 0.242 e. The van der Waals surface area contributed by atoms with Gasteiger partial charge in [0.2, 0.25) is 11.8 Å². The summed E-state index contributed by atoms with van der Waals surface area (Å²) in [5, 5.41) is 4.75. The molecule has 0 N–H and O–H groups in total. The molecule has 2 amide bonds. The van der Waals surface area contributed by atoms with Crippen LogP contribution in [0.25, 0.3) is 5.69 Å². The molecule has 200 valence electrons. The Kier molecular flexibility index (Phi) is 7.33. The first kappa shape index (κ1) is 26.4. The number of thioether (sulfide) groups is 1. The van der Waals surface area contributed by atoms with Crippen LogP contribution in [-0.2, 0) is 19.7 Å². The average Bonchev–Trinajstić information content (AvgIpc) is 3.22. The molecular weight excluding hydrogens is 503 g/mol. The lowest BCUT2D eigenvalue weighted by atomic mass is 9.87. The number of anilines is 1. The van der Waals surface area contributed by atoms with E-state index in [0.29, 0.717) is 32.1 Å². The van der Waals surface area contributed by atoms with E-state index < -0.39 is 0 Å². The van der Waals surface area contributed by atoms with Crippen molar-refractivity contribution in [2.45, 2.75) is 38.4 Å². The molecule has 0 spiro atoms. The molecule has 2 aliphatic rings. The molecule has 1 fully saturated rings. The molecule has 38 heavy (non-hydrogen) atoms. The number of nitrogens with zero attached hydrogens (tertiary/aromatic N) is 4. The van der Waals surface area contributed by atoms with E-state index in [2.05, 4.69) is 20.8 Å². The van der Waals surface area contributed by atoms with Gasteiger partial charge in [0.05, 0.1) is 35.6 Å². The van der Waals surface area contributed by atoms with Crippen LogP contribution in [0.4, 0.5) is 10.2 Å². The highest BCUT2D eigenvalue weighted by molar-refractivity contribution is 8.00. The van der Waals surface area contributed by atoms with E-state index >= 15 is 0 Å². The lowest BCUT2D eigenvalue weighted by Gasteiger charge is -2.30. The topological polar surface area (TPSA) is 67.7 Å². The number of fused-ring (bicyclic) bond motifs is 1. The smallest absolute Gasteiger partial charge is 0.242 e. The molecule has 3 aromatic rings. The largest absolute Gasteiger partial charge is 0.378 e. The molecule has 7 nitrogen and oxygen atoms in total. The highest BCUT2D eigenvalue weighted by Crippen LogP contribution is 2.48. The van der Waals surface area contributed by atoms with Gasteiger partial charge in [0.15, 0.2) is 0 Å². The first-order chi connectivity index (χ1) is 18.1. The molecule has 9 heteroatoms. The lowest BCUT2D eigenvalue weighted by molar-refractivity contribution is -0.134. The SMILES string of the molecule is Cc1ccc(-n2nc(C(C)(C)C)c3c2N(CC(=O)N2CCOCC2)C(=O)CSC3c2cccc(F)c2)cc1. The molecular formula is C29H33FN4O3S. The van der Waals surface area contributed by atoms with Gasteiger partial charge < -0.3 is 9.64 Å². The van der Waals surface area contributed by atoms with Crippen LogP contribution in [0.2, 0.25) is 0 Å². The third kappa shape index (κ3) is 5.22. The van der Waals surface area contributed by atoms with Gasteiger partial charge in [0.25, 0.3) is 0 Å². The van der Waals surface area contributed by atoms with Crippen molar-refractivity contribution in [3.8, 4) is 5.69 Å². The van der Waals surface area contributed by atoms with Gasteiger partial charge in [-0.1, -0.05) is 50.6 Å². The van der Waals surface area contributed by atoms with Crippen LogP contribution in [0.3, 0.4) is 0 Å². The first-order valence-electron chi connectivity index (χ1n) is 12.9. The molecule has 1 saturated heterocycles. The van der Waals surface area contributed by atoms with Crippen LogP contribution < -0.4 is 4.90 Å². The summed E-state index contributed by atoms with van der Waals surface area (Å²) in [7, 11) is 0. The van der Waals surface area contributed by atoms with Crippen molar-refractivity contribution >= 4 is 29.4 Å². The summed E-state index contributed by atoms with van der Waals surface area (Å²) in [4.78, 5) is 30.5. The number of aryl methyl sites for hydroxylation is 1. The minimum Gasteiger partial charge on any atom is -0.378 e. The monoisotopic (exact) mass is 536 g/mol. The van der Waals surface area contributed by atoms with Gasteiger partial charge >= 0.3 is 0 Å². The number of aromatic nitrogens is 2. The Bertz CT molecular complexity index is 1340. The summed E-state index contributed by atoms with van der Waals surface area (Å²) in [6, 6.07) is 14.5. The Balaban J connectivity index is 1.73. The van der Waals surface area contributed by atoms with Crippen molar-refractivity contribution < 1.29 is 18.7 Å². The zero-order valence-corrected chi connectivity index (χ0v) is 23.1. The fraction of sp³-hybridized carbons (Fsp3) is 0.414. The molecule has 1 aromatic heterocycles. The van der Waals surface area contributed by atoms with Crippen molar-refractivity contribution in [1.82, 2.24) is 14.7 Å². The van der Waals surface area contributed by atoms with Gasteiger partial charge in [-0.25, -0.2) is 9.07 Å². The molecule has 1 unspecified atom stereocenters. The maximum absolute atomic E-state index is 14.4. The molecule has 5 rings (SSSR count). The van der Waals surface area contributed by atoms with Crippen LogP contribution in [0.5, 0.6) is 0 Å². The Morgan fingerprint density at radius 3 is 2.50 bits per heavy atom. The quantitative estimate of drug-likeness (QED) is 0.486. The summed E-state index contributed by atoms with van der Waals surface area (Å²) in [5.74, 6) is 0.0951. The van der Waals surface area contributed by atoms with Crippen molar-refractivity contribution in [3.63, 3.8) is 0 Å². The maximum atomic E-state index is 14.4. The minimum absolute atomic E-state index is 0.0938. The summed E-state index contributed by atoms with van der Waals surface area (Å²) in [6.07, 6.45) is 0. The molecule has 1 atom stereocenters. The van der Waals surface area contributed by atoms with Crippen molar-refractivity contribution in [1.29, 1.82) is 0 Å². The summed E-state index contributed by atoms with van der Waals surface area (Å²) >= 11 is 1.45. The molecule has 0 saturated carbocycles. The fourth-order valence-electron chi connectivity index (χ4n) is 4.92. The highest BCUT2D eigenvalue weighted by Gasteiger charge is 2.40. The third-order valence-electron chi connectivity index (χ3n) is 6.89. The number of benzene rings is 2.